The quantitative estimate of drug-likeness (QED) is 0.840. The standard InChI is InChI=1S/C15H22N2OS/c1-12(16-11-15(19-2)9-6-10-15)14(18)17-13-7-4-3-5-8-13/h3-5,7-8,12,16H,6,9-11H2,1-2H3,(H,17,18). The molecule has 1 aliphatic rings. The van der Waals surface area contributed by atoms with E-state index < -0.39 is 0 Å². The number of benzene rings is 1. The third-order valence-electron chi connectivity index (χ3n) is 3.86. The summed E-state index contributed by atoms with van der Waals surface area (Å²) in [6, 6.07) is 9.43. The predicted octanol–water partition coefficient (Wildman–Crippen LogP) is 2.89. The van der Waals surface area contributed by atoms with Gasteiger partial charge in [0.25, 0.3) is 0 Å². The van der Waals surface area contributed by atoms with Crippen LogP contribution >= 0.6 is 11.8 Å². The van der Waals surface area contributed by atoms with Crippen molar-refractivity contribution >= 4 is 23.4 Å². The maximum absolute atomic E-state index is 12.0. The number of carbonyl (C=O) groups is 1. The molecule has 0 heterocycles. The van der Waals surface area contributed by atoms with Gasteiger partial charge in [0.05, 0.1) is 6.04 Å². The number of thioether (sulfide) groups is 1. The summed E-state index contributed by atoms with van der Waals surface area (Å²) in [7, 11) is 0. The van der Waals surface area contributed by atoms with E-state index in [2.05, 4.69) is 16.9 Å². The van der Waals surface area contributed by atoms with E-state index in [4.69, 9.17) is 0 Å². The van der Waals surface area contributed by atoms with Crippen LogP contribution in [0, 0.1) is 0 Å². The number of nitrogens with one attached hydrogen (secondary N) is 2. The van der Waals surface area contributed by atoms with Gasteiger partial charge in [-0.25, -0.2) is 0 Å². The van der Waals surface area contributed by atoms with Crippen LogP contribution in [0.25, 0.3) is 0 Å². The van der Waals surface area contributed by atoms with E-state index >= 15 is 0 Å². The first-order valence-electron chi connectivity index (χ1n) is 6.80. The number of hydrogen-bond donors (Lipinski definition) is 2. The Kier molecular flexibility index (Phi) is 4.88. The zero-order valence-corrected chi connectivity index (χ0v) is 12.4. The maximum atomic E-state index is 12.0. The highest BCUT2D eigenvalue weighted by molar-refractivity contribution is 8.00. The highest BCUT2D eigenvalue weighted by Gasteiger charge is 2.36. The minimum Gasteiger partial charge on any atom is -0.325 e. The van der Waals surface area contributed by atoms with Crippen LogP contribution in [0.1, 0.15) is 26.2 Å². The van der Waals surface area contributed by atoms with E-state index in [1.807, 2.05) is 49.0 Å². The molecule has 0 aliphatic heterocycles. The Hall–Kier alpha value is -1.00. The van der Waals surface area contributed by atoms with Gasteiger partial charge >= 0.3 is 0 Å². The molecule has 0 aromatic heterocycles. The lowest BCUT2D eigenvalue weighted by Gasteiger charge is -2.41. The summed E-state index contributed by atoms with van der Waals surface area (Å²) < 4.78 is 0.362. The van der Waals surface area contributed by atoms with Gasteiger partial charge in [-0.3, -0.25) is 4.79 Å². The molecule has 1 aliphatic carbocycles. The molecular weight excluding hydrogens is 256 g/mol. The summed E-state index contributed by atoms with van der Waals surface area (Å²) in [5.74, 6) is 0.0294. The van der Waals surface area contributed by atoms with Crippen LogP contribution in [0.5, 0.6) is 0 Å². The van der Waals surface area contributed by atoms with Gasteiger partial charge in [0.2, 0.25) is 5.91 Å². The number of amides is 1. The number of para-hydroxylation sites is 1. The van der Waals surface area contributed by atoms with Crippen LogP contribution in [-0.2, 0) is 4.79 Å². The molecule has 1 aromatic rings. The fourth-order valence-electron chi connectivity index (χ4n) is 2.23. The first-order chi connectivity index (χ1) is 9.15. The van der Waals surface area contributed by atoms with Crippen LogP contribution in [0.2, 0.25) is 0 Å². The van der Waals surface area contributed by atoms with Crippen LogP contribution < -0.4 is 10.6 Å². The molecule has 0 spiro atoms. The normalized spacial score (nSPS) is 18.4. The molecule has 4 heteroatoms. The summed E-state index contributed by atoms with van der Waals surface area (Å²) in [5.41, 5.74) is 0.851. The van der Waals surface area contributed by atoms with Crippen LogP contribution in [-0.4, -0.2) is 29.5 Å². The molecule has 1 fully saturated rings. The Labute approximate surface area is 119 Å². The molecule has 2 rings (SSSR count). The van der Waals surface area contributed by atoms with Gasteiger partial charge < -0.3 is 10.6 Å². The van der Waals surface area contributed by atoms with E-state index in [0.29, 0.717) is 4.75 Å². The Bertz CT molecular complexity index is 412. The highest BCUT2D eigenvalue weighted by atomic mass is 32.2. The smallest absolute Gasteiger partial charge is 0.241 e. The first kappa shape index (κ1) is 14.4. The molecule has 1 saturated carbocycles. The summed E-state index contributed by atoms with van der Waals surface area (Å²) in [5, 5.41) is 6.29. The monoisotopic (exact) mass is 278 g/mol. The average Bonchev–Trinajstić information content (AvgIpc) is 2.39. The topological polar surface area (TPSA) is 41.1 Å². The van der Waals surface area contributed by atoms with Gasteiger partial charge in [-0.1, -0.05) is 24.6 Å². The third-order valence-corrected chi connectivity index (χ3v) is 5.28. The van der Waals surface area contributed by atoms with Gasteiger partial charge in [0.15, 0.2) is 0 Å². The van der Waals surface area contributed by atoms with Gasteiger partial charge in [-0.2, -0.15) is 11.8 Å². The number of carbonyl (C=O) groups excluding carboxylic acids is 1. The maximum Gasteiger partial charge on any atom is 0.241 e. The van der Waals surface area contributed by atoms with E-state index in [1.54, 1.807) is 0 Å². The zero-order chi connectivity index (χ0) is 13.7. The van der Waals surface area contributed by atoms with E-state index in [1.165, 1.54) is 19.3 Å². The lowest BCUT2D eigenvalue weighted by Crippen LogP contribution is -2.49. The average molecular weight is 278 g/mol. The van der Waals surface area contributed by atoms with Crippen molar-refractivity contribution in [3.05, 3.63) is 30.3 Å². The van der Waals surface area contributed by atoms with Crippen molar-refractivity contribution in [2.45, 2.75) is 37.0 Å². The van der Waals surface area contributed by atoms with Gasteiger partial charge in [0, 0.05) is 17.0 Å². The fourth-order valence-corrected chi connectivity index (χ4v) is 3.15. The molecule has 1 atom stereocenters. The zero-order valence-electron chi connectivity index (χ0n) is 11.6. The molecule has 19 heavy (non-hydrogen) atoms. The summed E-state index contributed by atoms with van der Waals surface area (Å²) in [6.07, 6.45) is 5.99. The highest BCUT2D eigenvalue weighted by Crippen LogP contribution is 2.42. The summed E-state index contributed by atoms with van der Waals surface area (Å²) in [4.78, 5) is 12.0. The van der Waals surface area contributed by atoms with Crippen molar-refractivity contribution in [2.75, 3.05) is 18.1 Å². The molecule has 1 unspecified atom stereocenters. The first-order valence-corrected chi connectivity index (χ1v) is 8.02. The lowest BCUT2D eigenvalue weighted by atomic mass is 9.84. The third kappa shape index (κ3) is 3.74. The van der Waals surface area contributed by atoms with Gasteiger partial charge in [0.1, 0.15) is 0 Å². The molecule has 1 amide bonds. The Morgan fingerprint density at radius 3 is 2.58 bits per heavy atom. The molecule has 104 valence electrons. The van der Waals surface area contributed by atoms with E-state index in [-0.39, 0.29) is 11.9 Å². The second-order valence-corrected chi connectivity index (χ2v) is 6.47. The molecule has 0 bridgehead atoms. The van der Waals surface area contributed by atoms with Crippen LogP contribution in [0.15, 0.2) is 30.3 Å². The molecule has 0 saturated heterocycles. The number of anilines is 1. The molecule has 2 N–H and O–H groups in total. The SMILES string of the molecule is CSC1(CNC(C)C(=O)Nc2ccccc2)CCC1. The second-order valence-electron chi connectivity index (χ2n) is 5.20. The van der Waals surface area contributed by atoms with Gasteiger partial charge in [-0.05, 0) is 38.2 Å². The Morgan fingerprint density at radius 2 is 2.05 bits per heavy atom. The minimum atomic E-state index is -0.162. The molecular formula is C15H22N2OS. The largest absolute Gasteiger partial charge is 0.325 e. The van der Waals surface area contributed by atoms with E-state index in [9.17, 15) is 4.79 Å². The fraction of sp³-hybridized carbons (Fsp3) is 0.533. The van der Waals surface area contributed by atoms with Crippen molar-refractivity contribution in [2.24, 2.45) is 0 Å². The Balaban J connectivity index is 1.79. The summed E-state index contributed by atoms with van der Waals surface area (Å²) >= 11 is 1.92. The minimum absolute atomic E-state index is 0.0294. The molecule has 1 aromatic carbocycles. The van der Waals surface area contributed by atoms with Crippen molar-refractivity contribution in [3.63, 3.8) is 0 Å². The Morgan fingerprint density at radius 1 is 1.37 bits per heavy atom. The van der Waals surface area contributed by atoms with Crippen molar-refractivity contribution < 1.29 is 4.79 Å². The van der Waals surface area contributed by atoms with Crippen molar-refractivity contribution in [3.8, 4) is 0 Å². The number of rotatable bonds is 6. The predicted molar refractivity (Wildman–Crippen MR) is 82.6 cm³/mol. The number of hydrogen-bond acceptors (Lipinski definition) is 3. The second kappa shape index (κ2) is 6.44. The molecule has 0 radical (unpaired) electrons. The van der Waals surface area contributed by atoms with Crippen LogP contribution in [0.3, 0.4) is 0 Å². The summed E-state index contributed by atoms with van der Waals surface area (Å²) in [6.45, 7) is 2.84. The van der Waals surface area contributed by atoms with Gasteiger partial charge in [-0.15, -0.1) is 0 Å². The van der Waals surface area contributed by atoms with Crippen LogP contribution in [0.4, 0.5) is 5.69 Å². The lowest BCUT2D eigenvalue weighted by molar-refractivity contribution is -0.117. The van der Waals surface area contributed by atoms with Crippen molar-refractivity contribution in [1.82, 2.24) is 5.32 Å². The van der Waals surface area contributed by atoms with Crippen molar-refractivity contribution in [1.29, 1.82) is 0 Å². The molecule has 3 nitrogen and oxygen atoms in total. The van der Waals surface area contributed by atoms with E-state index in [0.717, 1.165) is 12.2 Å².